The maximum atomic E-state index is 10.2. The normalized spacial score (nSPS) is 25.6. The van der Waals surface area contributed by atoms with Gasteiger partial charge in [-0.25, -0.2) is 0 Å². The third kappa shape index (κ3) is 5.19. The summed E-state index contributed by atoms with van der Waals surface area (Å²) in [6.07, 6.45) is 2.83. The van der Waals surface area contributed by atoms with Crippen LogP contribution >= 0.6 is 11.8 Å². The van der Waals surface area contributed by atoms with E-state index in [-0.39, 0.29) is 16.6 Å². The van der Waals surface area contributed by atoms with Crippen molar-refractivity contribution in [1.82, 2.24) is 0 Å². The topological polar surface area (TPSA) is 38.7 Å². The molecule has 1 aromatic carbocycles. The summed E-state index contributed by atoms with van der Waals surface area (Å²) in [6, 6.07) is 10.2. The fourth-order valence-corrected chi connectivity index (χ4v) is 3.94. The molecule has 1 aliphatic heterocycles. The highest BCUT2D eigenvalue weighted by molar-refractivity contribution is 8.00. The summed E-state index contributed by atoms with van der Waals surface area (Å²) in [7, 11) is -1.84. The van der Waals surface area contributed by atoms with E-state index in [0.29, 0.717) is 6.61 Å². The van der Waals surface area contributed by atoms with E-state index in [4.69, 9.17) is 9.16 Å². The smallest absolute Gasteiger partial charge is 0.192 e. The Balaban J connectivity index is 1.94. The maximum absolute atomic E-state index is 10.2. The molecule has 5 heteroatoms. The molecule has 0 unspecified atom stereocenters. The number of rotatable bonds is 5. The van der Waals surface area contributed by atoms with Crippen LogP contribution in [-0.2, 0) is 9.16 Å². The summed E-state index contributed by atoms with van der Waals surface area (Å²) in [6.45, 7) is 11.5. The standard InChI is InChI=1S/C18H28O3SSi/c1-18(2,3)23(4,5)20-13-16-15(19)11-12-17(21-16)22-14-9-7-6-8-10-14/h6-12,15-17,19H,13H2,1-5H3/t15-,16-,17-/m1/s1. The van der Waals surface area contributed by atoms with E-state index >= 15 is 0 Å². The van der Waals surface area contributed by atoms with Crippen LogP contribution in [0.4, 0.5) is 0 Å². The minimum Gasteiger partial charge on any atom is -0.414 e. The Hall–Kier alpha value is -0.593. The van der Waals surface area contributed by atoms with Gasteiger partial charge in [0.25, 0.3) is 0 Å². The molecule has 0 saturated carbocycles. The van der Waals surface area contributed by atoms with Gasteiger partial charge in [0.15, 0.2) is 8.32 Å². The summed E-state index contributed by atoms with van der Waals surface area (Å²) in [5.41, 5.74) is -0.0891. The number of benzene rings is 1. The summed E-state index contributed by atoms with van der Waals surface area (Å²) in [5.74, 6) is 0. The van der Waals surface area contributed by atoms with Crippen LogP contribution in [0.3, 0.4) is 0 Å². The van der Waals surface area contributed by atoms with E-state index in [1.165, 1.54) is 0 Å². The van der Waals surface area contributed by atoms with Crippen LogP contribution in [0.25, 0.3) is 0 Å². The van der Waals surface area contributed by atoms with Crippen molar-refractivity contribution in [2.75, 3.05) is 6.61 Å². The molecule has 0 spiro atoms. The molecule has 1 aromatic rings. The SMILES string of the molecule is CC(C)(C)[Si](C)(C)OC[C@H]1O[C@H](Sc2ccccc2)C=C[C@H]1O. The fourth-order valence-electron chi connectivity index (χ4n) is 1.97. The van der Waals surface area contributed by atoms with E-state index in [2.05, 4.69) is 46.0 Å². The summed E-state index contributed by atoms with van der Waals surface area (Å²) in [5, 5.41) is 10.3. The summed E-state index contributed by atoms with van der Waals surface area (Å²) >= 11 is 1.64. The van der Waals surface area contributed by atoms with Crippen molar-refractivity contribution >= 4 is 20.1 Å². The number of hydrogen-bond donors (Lipinski definition) is 1. The molecule has 0 amide bonds. The molecular formula is C18H28O3SSi. The van der Waals surface area contributed by atoms with Gasteiger partial charge in [-0.15, -0.1) is 0 Å². The highest BCUT2D eigenvalue weighted by Gasteiger charge is 2.38. The number of aliphatic hydroxyl groups is 1. The molecule has 0 aliphatic carbocycles. The van der Waals surface area contributed by atoms with Gasteiger partial charge in [-0.1, -0.05) is 56.8 Å². The van der Waals surface area contributed by atoms with Gasteiger partial charge < -0.3 is 14.3 Å². The Morgan fingerprint density at radius 1 is 1.17 bits per heavy atom. The third-order valence-corrected chi connectivity index (χ3v) is 10.1. The molecule has 128 valence electrons. The first-order chi connectivity index (χ1) is 10.7. The van der Waals surface area contributed by atoms with Crippen LogP contribution in [0.1, 0.15) is 20.8 Å². The minimum atomic E-state index is -1.84. The molecule has 0 aromatic heterocycles. The average Bonchev–Trinajstić information content (AvgIpc) is 2.48. The van der Waals surface area contributed by atoms with Crippen LogP contribution in [-0.4, -0.2) is 37.7 Å². The molecule has 1 N–H and O–H groups in total. The Bertz CT molecular complexity index is 525. The van der Waals surface area contributed by atoms with E-state index in [1.807, 2.05) is 30.4 Å². The lowest BCUT2D eigenvalue weighted by atomic mass is 10.1. The third-order valence-electron chi connectivity index (χ3n) is 4.57. The van der Waals surface area contributed by atoms with Crippen molar-refractivity contribution in [3.05, 3.63) is 42.5 Å². The lowest BCUT2D eigenvalue weighted by Gasteiger charge is -2.38. The first-order valence-electron chi connectivity index (χ1n) is 8.06. The molecule has 0 bridgehead atoms. The zero-order valence-corrected chi connectivity index (χ0v) is 16.5. The van der Waals surface area contributed by atoms with E-state index < -0.39 is 14.4 Å². The second-order valence-electron chi connectivity index (χ2n) is 7.42. The molecule has 23 heavy (non-hydrogen) atoms. The minimum absolute atomic E-state index is 0.0891. The lowest BCUT2D eigenvalue weighted by Crippen LogP contribution is -2.46. The van der Waals surface area contributed by atoms with Crippen LogP contribution in [0.15, 0.2) is 47.4 Å². The van der Waals surface area contributed by atoms with Crippen LogP contribution < -0.4 is 0 Å². The number of aliphatic hydroxyl groups excluding tert-OH is 1. The van der Waals surface area contributed by atoms with Crippen LogP contribution in [0, 0.1) is 0 Å². The second kappa shape index (κ2) is 7.53. The van der Waals surface area contributed by atoms with Crippen molar-refractivity contribution in [2.45, 2.75) is 61.4 Å². The highest BCUT2D eigenvalue weighted by Crippen LogP contribution is 2.37. The molecular weight excluding hydrogens is 324 g/mol. The van der Waals surface area contributed by atoms with Gasteiger partial charge in [-0.3, -0.25) is 0 Å². The fraction of sp³-hybridized carbons (Fsp3) is 0.556. The zero-order chi connectivity index (χ0) is 17.1. The van der Waals surface area contributed by atoms with Gasteiger partial charge in [-0.2, -0.15) is 0 Å². The van der Waals surface area contributed by atoms with Gasteiger partial charge in [-0.05, 0) is 36.3 Å². The van der Waals surface area contributed by atoms with Gasteiger partial charge >= 0.3 is 0 Å². The van der Waals surface area contributed by atoms with Crippen molar-refractivity contribution in [3.8, 4) is 0 Å². The highest BCUT2D eigenvalue weighted by atomic mass is 32.2. The molecule has 0 saturated heterocycles. The van der Waals surface area contributed by atoms with Gasteiger partial charge in [0.05, 0.1) is 6.61 Å². The Kier molecular flexibility index (Phi) is 6.14. The molecule has 3 nitrogen and oxygen atoms in total. The average molecular weight is 353 g/mol. The maximum Gasteiger partial charge on any atom is 0.192 e. The van der Waals surface area contributed by atoms with Crippen molar-refractivity contribution in [3.63, 3.8) is 0 Å². The Morgan fingerprint density at radius 3 is 2.43 bits per heavy atom. The van der Waals surface area contributed by atoms with E-state index in [1.54, 1.807) is 11.8 Å². The molecule has 1 heterocycles. The predicted molar refractivity (Wildman–Crippen MR) is 99.3 cm³/mol. The second-order valence-corrected chi connectivity index (χ2v) is 13.4. The number of ether oxygens (including phenoxy) is 1. The summed E-state index contributed by atoms with van der Waals surface area (Å²) in [4.78, 5) is 1.16. The van der Waals surface area contributed by atoms with Crippen molar-refractivity contribution in [2.24, 2.45) is 0 Å². The lowest BCUT2D eigenvalue weighted by molar-refractivity contribution is -0.0514. The Morgan fingerprint density at radius 2 is 1.83 bits per heavy atom. The van der Waals surface area contributed by atoms with Gasteiger partial charge in [0.1, 0.15) is 17.6 Å². The molecule has 2 rings (SSSR count). The molecule has 0 radical (unpaired) electrons. The van der Waals surface area contributed by atoms with E-state index in [9.17, 15) is 5.11 Å². The van der Waals surface area contributed by atoms with E-state index in [0.717, 1.165) is 4.90 Å². The molecule has 3 atom stereocenters. The predicted octanol–water partition coefficient (Wildman–Crippen LogP) is 4.44. The van der Waals surface area contributed by atoms with Gasteiger partial charge in [0, 0.05) is 4.90 Å². The largest absolute Gasteiger partial charge is 0.414 e. The first kappa shape index (κ1) is 18.7. The molecule has 1 aliphatic rings. The summed E-state index contributed by atoms with van der Waals surface area (Å²) < 4.78 is 12.2. The van der Waals surface area contributed by atoms with Crippen molar-refractivity contribution < 1.29 is 14.3 Å². The first-order valence-corrected chi connectivity index (χ1v) is 11.9. The van der Waals surface area contributed by atoms with Crippen molar-refractivity contribution in [1.29, 1.82) is 0 Å². The molecule has 0 fully saturated rings. The van der Waals surface area contributed by atoms with Crippen LogP contribution in [0.2, 0.25) is 18.1 Å². The quantitative estimate of drug-likeness (QED) is 0.628. The Labute approximate surface area is 145 Å². The number of thioether (sulfide) groups is 1. The zero-order valence-electron chi connectivity index (χ0n) is 14.7. The monoisotopic (exact) mass is 352 g/mol. The number of hydrogen-bond acceptors (Lipinski definition) is 4. The van der Waals surface area contributed by atoms with Crippen LogP contribution in [0.5, 0.6) is 0 Å². The van der Waals surface area contributed by atoms with Gasteiger partial charge in [0.2, 0.25) is 0 Å².